The summed E-state index contributed by atoms with van der Waals surface area (Å²) in [6.07, 6.45) is 13.0. The van der Waals surface area contributed by atoms with Crippen molar-refractivity contribution >= 4 is 33.9 Å². The first-order chi connectivity index (χ1) is 21.3. The second kappa shape index (κ2) is 10.8. The van der Waals surface area contributed by atoms with Crippen LogP contribution in [0.2, 0.25) is 0 Å². The monoisotopic (exact) mass is 586 g/mol. The van der Waals surface area contributed by atoms with Crippen molar-refractivity contribution < 1.29 is 9.90 Å². The van der Waals surface area contributed by atoms with Crippen molar-refractivity contribution in [3.05, 3.63) is 95.3 Å². The topological polar surface area (TPSA) is 97.9 Å². The summed E-state index contributed by atoms with van der Waals surface area (Å²) < 4.78 is 4.26. The molecule has 44 heavy (non-hydrogen) atoms. The molecule has 3 aromatic heterocycles. The normalized spacial score (nSPS) is 16.8. The van der Waals surface area contributed by atoms with Gasteiger partial charge in [-0.2, -0.15) is 0 Å². The molecule has 2 aliphatic rings. The van der Waals surface area contributed by atoms with Gasteiger partial charge in [-0.15, -0.1) is 0 Å². The number of hydrogen-bond donors (Lipinski definition) is 2. The summed E-state index contributed by atoms with van der Waals surface area (Å²) in [4.78, 5) is 28.2. The van der Waals surface area contributed by atoms with Crippen molar-refractivity contribution in [3.63, 3.8) is 0 Å². The number of aliphatic hydroxyl groups excluding tert-OH is 1. The first kappa shape index (κ1) is 28.1. The van der Waals surface area contributed by atoms with Gasteiger partial charge < -0.3 is 19.6 Å². The molecule has 2 N–H and O–H groups in total. The maximum absolute atomic E-state index is 13.9. The Morgan fingerprint density at radius 3 is 2.45 bits per heavy atom. The maximum atomic E-state index is 13.9. The number of nitrogens with one attached hydrogen (secondary N) is 1. The molecule has 0 radical (unpaired) electrons. The minimum absolute atomic E-state index is 0.0554. The van der Waals surface area contributed by atoms with E-state index >= 15 is 0 Å². The Morgan fingerprint density at radius 2 is 1.77 bits per heavy atom. The smallest absolute Gasteiger partial charge is 0.252 e. The van der Waals surface area contributed by atoms with Crippen LogP contribution in [0.3, 0.4) is 0 Å². The second-order valence-corrected chi connectivity index (χ2v) is 12.5. The molecule has 8 nitrogen and oxygen atoms in total. The number of carbonyl (C=O) groups is 1. The molecule has 0 unspecified atom stereocenters. The molecule has 2 fully saturated rings. The summed E-state index contributed by atoms with van der Waals surface area (Å²) >= 11 is 0. The second-order valence-electron chi connectivity index (χ2n) is 12.5. The average Bonchev–Trinajstić information content (AvgIpc) is 3.72. The summed E-state index contributed by atoms with van der Waals surface area (Å²) in [5.74, 6) is 2.02. The minimum Gasteiger partial charge on any atom is -0.508 e. The van der Waals surface area contributed by atoms with Crippen molar-refractivity contribution in [1.29, 1.82) is 0 Å². The van der Waals surface area contributed by atoms with Gasteiger partial charge in [0.25, 0.3) is 5.91 Å². The number of amides is 1. The van der Waals surface area contributed by atoms with Gasteiger partial charge in [0, 0.05) is 43.0 Å². The van der Waals surface area contributed by atoms with Crippen LogP contribution in [0.15, 0.2) is 72.8 Å². The molecule has 0 bridgehead atoms. The van der Waals surface area contributed by atoms with Gasteiger partial charge in [-0.3, -0.25) is 4.79 Å². The molecular weight excluding hydrogens is 548 g/mol. The zero-order valence-electron chi connectivity index (χ0n) is 25.6. The number of aryl methyl sites for hydroxylation is 2. The number of allylic oxidation sites excluding steroid dienone is 1. The molecule has 224 valence electrons. The molecule has 0 spiro atoms. The molecular formula is C36H38N6O2. The number of nitrogens with zero attached hydrogens (tertiary/aromatic N) is 5. The first-order valence-corrected chi connectivity index (χ1v) is 15.5. The third-order valence-electron chi connectivity index (χ3n) is 9.77. The van der Waals surface area contributed by atoms with E-state index in [1.807, 2.05) is 50.4 Å². The van der Waals surface area contributed by atoms with Crippen LogP contribution in [-0.2, 0) is 19.6 Å². The quantitative estimate of drug-likeness (QED) is 0.152. The van der Waals surface area contributed by atoms with E-state index in [1.165, 1.54) is 23.8 Å². The SMILES string of the molecule is C=C(O)/C(C)=C/c1ccc2nc(C3(NC(=O)c4ccc5c(C6CCCC6)c(-c6ncccn6)n(C)c5c4)CCC3)n(C)c2c1. The Balaban J connectivity index is 1.24. The lowest BCUT2D eigenvalue weighted by Crippen LogP contribution is -2.52. The third-order valence-corrected chi connectivity index (χ3v) is 9.77. The Hall–Kier alpha value is -4.72. The van der Waals surface area contributed by atoms with Crippen LogP contribution in [0.5, 0.6) is 0 Å². The summed E-state index contributed by atoms with van der Waals surface area (Å²) in [5.41, 5.74) is 7.00. The molecule has 2 aliphatic carbocycles. The summed E-state index contributed by atoms with van der Waals surface area (Å²) in [7, 11) is 4.07. The number of imidazole rings is 1. The highest BCUT2D eigenvalue weighted by atomic mass is 16.3. The molecule has 7 rings (SSSR count). The van der Waals surface area contributed by atoms with Crippen LogP contribution >= 0.6 is 0 Å². The summed E-state index contributed by atoms with van der Waals surface area (Å²) in [5, 5.41) is 14.3. The Morgan fingerprint density at radius 1 is 1.02 bits per heavy atom. The molecule has 0 aliphatic heterocycles. The molecule has 0 atom stereocenters. The van der Waals surface area contributed by atoms with Gasteiger partial charge in [0.05, 0.1) is 22.3 Å². The molecule has 2 aromatic carbocycles. The molecule has 5 aromatic rings. The zero-order valence-corrected chi connectivity index (χ0v) is 25.6. The Labute approximate surface area is 257 Å². The highest BCUT2D eigenvalue weighted by molar-refractivity contribution is 6.01. The lowest BCUT2D eigenvalue weighted by Gasteiger charge is -2.41. The van der Waals surface area contributed by atoms with Crippen LogP contribution < -0.4 is 5.32 Å². The Kier molecular flexibility index (Phi) is 6.87. The van der Waals surface area contributed by atoms with E-state index in [9.17, 15) is 9.90 Å². The molecule has 2 saturated carbocycles. The van der Waals surface area contributed by atoms with E-state index < -0.39 is 5.54 Å². The van der Waals surface area contributed by atoms with Crippen LogP contribution in [0.4, 0.5) is 0 Å². The van der Waals surface area contributed by atoms with Gasteiger partial charge in [0.2, 0.25) is 0 Å². The lowest BCUT2D eigenvalue weighted by atomic mass is 9.75. The fourth-order valence-electron chi connectivity index (χ4n) is 7.21. The first-order valence-electron chi connectivity index (χ1n) is 15.5. The van der Waals surface area contributed by atoms with Crippen molar-refractivity contribution in [3.8, 4) is 11.5 Å². The number of aliphatic hydroxyl groups is 1. The van der Waals surface area contributed by atoms with Crippen molar-refractivity contribution in [2.75, 3.05) is 0 Å². The average molecular weight is 587 g/mol. The highest BCUT2D eigenvalue weighted by Gasteiger charge is 2.44. The Bertz CT molecular complexity index is 1960. The van der Waals surface area contributed by atoms with Crippen molar-refractivity contribution in [2.24, 2.45) is 14.1 Å². The van der Waals surface area contributed by atoms with E-state index in [0.717, 1.165) is 71.6 Å². The van der Waals surface area contributed by atoms with E-state index in [1.54, 1.807) is 12.4 Å². The minimum atomic E-state index is -0.530. The predicted molar refractivity (Wildman–Crippen MR) is 174 cm³/mol. The number of carbonyl (C=O) groups excluding carboxylic acids is 1. The molecule has 1 amide bonds. The summed E-state index contributed by atoms with van der Waals surface area (Å²) in [6.45, 7) is 5.45. The fourth-order valence-corrected chi connectivity index (χ4v) is 7.21. The van der Waals surface area contributed by atoms with Crippen LogP contribution in [-0.4, -0.2) is 35.1 Å². The highest BCUT2D eigenvalue weighted by Crippen LogP contribution is 2.45. The van der Waals surface area contributed by atoms with Gasteiger partial charge in [-0.25, -0.2) is 15.0 Å². The van der Waals surface area contributed by atoms with E-state index in [2.05, 4.69) is 50.2 Å². The summed E-state index contributed by atoms with van der Waals surface area (Å²) in [6, 6.07) is 14.0. The predicted octanol–water partition coefficient (Wildman–Crippen LogP) is 7.46. The number of fused-ring (bicyclic) bond motifs is 2. The van der Waals surface area contributed by atoms with E-state index in [0.29, 0.717) is 17.1 Å². The van der Waals surface area contributed by atoms with Gasteiger partial charge >= 0.3 is 0 Å². The molecule has 0 saturated heterocycles. The van der Waals surface area contributed by atoms with E-state index in [-0.39, 0.29) is 11.7 Å². The number of hydrogen-bond acceptors (Lipinski definition) is 5. The maximum Gasteiger partial charge on any atom is 0.252 e. The molecule has 3 heterocycles. The third kappa shape index (κ3) is 4.60. The van der Waals surface area contributed by atoms with Crippen LogP contribution in [0, 0.1) is 0 Å². The van der Waals surface area contributed by atoms with Crippen LogP contribution in [0.25, 0.3) is 39.5 Å². The largest absolute Gasteiger partial charge is 0.508 e. The van der Waals surface area contributed by atoms with Gasteiger partial charge in [0.1, 0.15) is 11.6 Å². The van der Waals surface area contributed by atoms with Crippen LogP contribution in [0.1, 0.15) is 85.1 Å². The molecule has 8 heteroatoms. The number of rotatable bonds is 7. The van der Waals surface area contributed by atoms with Crippen molar-refractivity contribution in [2.45, 2.75) is 63.3 Å². The lowest BCUT2D eigenvalue weighted by molar-refractivity contribution is 0.0805. The zero-order chi connectivity index (χ0) is 30.6. The van der Waals surface area contributed by atoms with E-state index in [4.69, 9.17) is 4.98 Å². The van der Waals surface area contributed by atoms with Gasteiger partial charge in [-0.05, 0) is 98.1 Å². The number of benzene rings is 2. The fraction of sp³-hybridized carbons (Fsp3) is 0.333. The number of aromatic nitrogens is 5. The van der Waals surface area contributed by atoms with Crippen molar-refractivity contribution in [1.82, 2.24) is 29.4 Å². The standard InChI is InChI=1S/C36H38N6O2/c1-22(23(2)43)19-24-11-14-28-30(20-24)42(4)35(39-28)36(15-7-16-36)40-34(44)26-12-13-27-29(21-26)41(3)32(33-37-17-8-18-38-33)31(27)25-9-5-6-10-25/h8,11-14,17-21,25,43H,2,5-7,9-10,15-16H2,1,3-4H3,(H,40,44)/b22-19+. The van der Waals surface area contributed by atoms with Gasteiger partial charge in [-0.1, -0.05) is 31.6 Å². The van der Waals surface area contributed by atoms with Gasteiger partial charge in [0.15, 0.2) is 5.82 Å².